The van der Waals surface area contributed by atoms with Crippen molar-refractivity contribution in [2.75, 3.05) is 0 Å². The van der Waals surface area contributed by atoms with Gasteiger partial charge < -0.3 is 5.11 Å². The first-order chi connectivity index (χ1) is 14.9. The smallest absolute Gasteiger partial charge is 0.384 e. The zero-order chi connectivity index (χ0) is 21.7. The molecule has 2 bridgehead atoms. The molecule has 0 amide bonds. The highest BCUT2D eigenvalue weighted by atomic mass is 16.7. The van der Waals surface area contributed by atoms with E-state index in [1.165, 1.54) is 25.7 Å². The largest absolute Gasteiger partial charge is 0.630 e. The molecule has 3 fully saturated rings. The molecule has 1 spiro atoms. The van der Waals surface area contributed by atoms with E-state index in [9.17, 15) is 9.90 Å². The third-order valence-corrected chi connectivity index (χ3v) is 8.72. The van der Waals surface area contributed by atoms with Gasteiger partial charge in [-0.25, -0.2) is 0 Å². The lowest BCUT2D eigenvalue weighted by Crippen LogP contribution is -2.73. The van der Waals surface area contributed by atoms with Crippen LogP contribution in [0, 0.1) is 16.7 Å². The molecule has 2 N–H and O–H groups in total. The summed E-state index contributed by atoms with van der Waals surface area (Å²) in [5, 5.41) is 12.1. The number of hydrogen-bond donors (Lipinski definition) is 2. The minimum Gasteiger partial charge on any atom is -0.384 e. The Kier molecular flexibility index (Phi) is 4.98. The minimum absolute atomic E-state index is 0.0208. The number of rotatable bonds is 5. The average Bonchev–Trinajstić information content (AvgIpc) is 2.82. The van der Waals surface area contributed by atoms with Gasteiger partial charge in [0.1, 0.15) is 11.2 Å². The van der Waals surface area contributed by atoms with E-state index in [-0.39, 0.29) is 16.9 Å². The molecule has 4 nitrogen and oxygen atoms in total. The highest BCUT2D eigenvalue weighted by Gasteiger charge is 2.75. The van der Waals surface area contributed by atoms with Crippen LogP contribution in [0.2, 0.25) is 0 Å². The maximum atomic E-state index is 12.6. The van der Waals surface area contributed by atoms with Crippen molar-refractivity contribution < 1.29 is 14.7 Å². The molecule has 1 radical (unpaired) electrons. The minimum atomic E-state index is -0.786. The van der Waals surface area contributed by atoms with Gasteiger partial charge in [0.15, 0.2) is 0 Å². The Hall–Kier alpha value is -2.17. The first-order valence-electron chi connectivity index (χ1n) is 11.7. The molecule has 163 valence electrons. The second-order valence-electron chi connectivity index (χ2n) is 10.3. The van der Waals surface area contributed by atoms with Gasteiger partial charge in [-0.2, -0.15) is 4.84 Å². The van der Waals surface area contributed by atoms with E-state index in [0.29, 0.717) is 11.5 Å². The van der Waals surface area contributed by atoms with Crippen molar-refractivity contribution in [1.82, 2.24) is 5.48 Å². The Morgan fingerprint density at radius 1 is 1.06 bits per heavy atom. The van der Waals surface area contributed by atoms with Gasteiger partial charge in [0.25, 0.3) is 0 Å². The molecular formula is C27H33NO3+. The van der Waals surface area contributed by atoms with Crippen LogP contribution in [0.4, 0.5) is 0 Å². The zero-order valence-electron chi connectivity index (χ0n) is 18.6. The van der Waals surface area contributed by atoms with Crippen LogP contribution in [0.5, 0.6) is 0 Å². The molecule has 1 unspecified atom stereocenters. The highest BCUT2D eigenvalue weighted by Crippen LogP contribution is 2.78. The molecule has 2 aromatic rings. The van der Waals surface area contributed by atoms with Gasteiger partial charge in [-0.3, -0.25) is 0 Å². The van der Waals surface area contributed by atoms with Gasteiger partial charge in [0.05, 0.1) is 10.8 Å². The molecule has 5 rings (SSSR count). The van der Waals surface area contributed by atoms with E-state index in [2.05, 4.69) is 12.4 Å². The SMILES string of the molecule is CC(NOC(=[O+])c1ccc([C@]2(O)[C@]3(C)CC[C@@H]4CCCC[C@@]42C3)cc1)c1ccccc1. The summed E-state index contributed by atoms with van der Waals surface area (Å²) in [6.07, 6.45) is 8.33. The average molecular weight is 420 g/mol. The summed E-state index contributed by atoms with van der Waals surface area (Å²) in [7, 11) is 0. The summed E-state index contributed by atoms with van der Waals surface area (Å²) >= 11 is 0. The van der Waals surface area contributed by atoms with Gasteiger partial charge in [-0.1, -0.05) is 62.2 Å². The fourth-order valence-electron chi connectivity index (χ4n) is 7.14. The fraction of sp³-hybridized carbons (Fsp3) is 0.519. The molecule has 31 heavy (non-hydrogen) atoms. The summed E-state index contributed by atoms with van der Waals surface area (Å²) in [6, 6.07) is 17.3. The normalized spacial score (nSPS) is 34.9. The third kappa shape index (κ3) is 2.99. The van der Waals surface area contributed by atoms with Crippen LogP contribution >= 0.6 is 0 Å². The molecule has 4 heteroatoms. The van der Waals surface area contributed by atoms with E-state index in [4.69, 9.17) is 4.84 Å². The van der Waals surface area contributed by atoms with Crippen molar-refractivity contribution >= 4 is 5.97 Å². The lowest BCUT2D eigenvalue weighted by molar-refractivity contribution is -0.336. The summed E-state index contributed by atoms with van der Waals surface area (Å²) in [5.41, 5.74) is 4.53. The number of fused-ring (bicyclic) bond motifs is 1. The second-order valence-corrected chi connectivity index (χ2v) is 10.3. The Balaban J connectivity index is 1.31. The summed E-state index contributed by atoms with van der Waals surface area (Å²) in [5.74, 6) is 0.219. The van der Waals surface area contributed by atoms with E-state index in [1.807, 2.05) is 49.4 Å². The van der Waals surface area contributed by atoms with E-state index in [0.717, 1.165) is 30.4 Å². The van der Waals surface area contributed by atoms with Crippen LogP contribution in [0.1, 0.15) is 86.3 Å². The Morgan fingerprint density at radius 2 is 1.81 bits per heavy atom. The topological polar surface area (TPSA) is 61.4 Å². The van der Waals surface area contributed by atoms with E-state index in [1.54, 1.807) is 12.1 Å². The predicted octanol–water partition coefficient (Wildman–Crippen LogP) is 5.68. The first-order valence-corrected chi connectivity index (χ1v) is 11.7. The fourth-order valence-corrected chi connectivity index (χ4v) is 7.14. The van der Waals surface area contributed by atoms with Crippen LogP contribution in [-0.2, 0) is 10.4 Å². The lowest BCUT2D eigenvalue weighted by atomic mass is 9.31. The standard InChI is InChI=1S/C27H33NO3/c1-19(20-8-4-3-5-9-20)28-31-24(29)21-11-13-23(14-12-21)27(30)25(2)17-15-22-10-6-7-16-26(22,27)18-25/h3-5,8-9,11-14,19,22,28,30H,6-7,10,15-18H2,1-2H3/q+1/t19?,22-,25+,26+,27-/m0/s1. The van der Waals surface area contributed by atoms with Crippen molar-refractivity contribution in [2.45, 2.75) is 70.4 Å². The Labute approximate surface area is 185 Å². The van der Waals surface area contributed by atoms with Crippen molar-refractivity contribution in [3.8, 4) is 0 Å². The van der Waals surface area contributed by atoms with E-state index >= 15 is 0 Å². The molecule has 5 atom stereocenters. The van der Waals surface area contributed by atoms with Crippen LogP contribution < -0.4 is 5.48 Å². The zero-order valence-corrected chi connectivity index (χ0v) is 18.6. The molecular weight excluding hydrogens is 386 g/mol. The monoisotopic (exact) mass is 419 g/mol. The number of hydroxylamine groups is 1. The van der Waals surface area contributed by atoms with Gasteiger partial charge in [0.2, 0.25) is 0 Å². The number of carbonyl (C=O) groups excluding carboxylic acids is 1. The maximum absolute atomic E-state index is 12.6. The van der Waals surface area contributed by atoms with Crippen LogP contribution in [0.3, 0.4) is 0 Å². The van der Waals surface area contributed by atoms with Crippen LogP contribution in [-0.4, -0.2) is 11.1 Å². The number of benzene rings is 2. The number of nitrogens with one attached hydrogen (secondary N) is 1. The molecule has 0 aliphatic heterocycles. The van der Waals surface area contributed by atoms with Crippen LogP contribution in [0.15, 0.2) is 54.6 Å². The molecule has 0 saturated heterocycles. The van der Waals surface area contributed by atoms with Crippen molar-refractivity contribution in [3.63, 3.8) is 0 Å². The van der Waals surface area contributed by atoms with Gasteiger partial charge in [0, 0.05) is 10.8 Å². The third-order valence-electron chi connectivity index (χ3n) is 8.72. The number of aliphatic hydroxyl groups is 1. The molecule has 0 heterocycles. The van der Waals surface area contributed by atoms with Gasteiger partial charge in [-0.15, -0.1) is 0 Å². The van der Waals surface area contributed by atoms with Crippen molar-refractivity contribution in [1.29, 1.82) is 0 Å². The number of carbonyl (C=O) groups is 1. The van der Waals surface area contributed by atoms with Gasteiger partial charge >= 0.3 is 5.97 Å². The Morgan fingerprint density at radius 3 is 2.55 bits per heavy atom. The maximum Gasteiger partial charge on any atom is 0.630 e. The summed E-state index contributed by atoms with van der Waals surface area (Å²) < 4.78 is 0. The van der Waals surface area contributed by atoms with Gasteiger partial charge in [-0.05, 0) is 73.7 Å². The Bertz CT molecular complexity index is 958. The summed E-state index contributed by atoms with van der Waals surface area (Å²) in [4.78, 5) is 17.9. The second kappa shape index (κ2) is 7.46. The van der Waals surface area contributed by atoms with Crippen molar-refractivity contribution in [3.05, 3.63) is 71.3 Å². The van der Waals surface area contributed by atoms with Crippen LogP contribution in [0.25, 0.3) is 0 Å². The van der Waals surface area contributed by atoms with E-state index < -0.39 is 11.6 Å². The first kappa shape index (κ1) is 20.7. The summed E-state index contributed by atoms with van der Waals surface area (Å²) in [6.45, 7) is 4.21. The lowest BCUT2D eigenvalue weighted by Gasteiger charge is -2.75. The quantitative estimate of drug-likeness (QED) is 0.484. The molecule has 3 aliphatic carbocycles. The molecule has 0 aromatic heterocycles. The molecule has 3 aliphatic rings. The van der Waals surface area contributed by atoms with Crippen molar-refractivity contribution in [2.24, 2.45) is 16.7 Å². The number of hydrogen-bond acceptors (Lipinski definition) is 4. The predicted molar refractivity (Wildman–Crippen MR) is 120 cm³/mol. The molecule has 3 saturated carbocycles. The highest BCUT2D eigenvalue weighted by molar-refractivity contribution is 5.89. The molecule has 2 aromatic carbocycles.